The lowest BCUT2D eigenvalue weighted by atomic mass is 9.96. The number of benzene rings is 1. The number of likely N-dealkylation sites (tertiary alicyclic amines) is 1. The number of rotatable bonds is 4. The van der Waals surface area contributed by atoms with Crippen LogP contribution in [0.25, 0.3) is 17.1 Å². The van der Waals surface area contributed by atoms with Crippen LogP contribution in [-0.4, -0.2) is 38.8 Å². The molecule has 9 heteroatoms. The van der Waals surface area contributed by atoms with Crippen LogP contribution in [0.2, 0.25) is 0 Å². The van der Waals surface area contributed by atoms with Crippen LogP contribution in [0.15, 0.2) is 36.4 Å². The van der Waals surface area contributed by atoms with Gasteiger partial charge in [0, 0.05) is 36.0 Å². The van der Waals surface area contributed by atoms with Gasteiger partial charge in [0.25, 0.3) is 0 Å². The number of aromatic nitrogens is 2. The van der Waals surface area contributed by atoms with Crippen molar-refractivity contribution in [2.24, 2.45) is 0 Å². The van der Waals surface area contributed by atoms with Crippen molar-refractivity contribution in [2.75, 3.05) is 13.1 Å². The first-order chi connectivity index (χ1) is 13.5. The fraction of sp³-hybridized carbons (Fsp3) is 0.263. The number of fused-ring (bicyclic) bond motifs is 1. The van der Waals surface area contributed by atoms with Crippen molar-refractivity contribution in [3.05, 3.63) is 63.0 Å². The summed E-state index contributed by atoms with van der Waals surface area (Å²) in [5.74, 6) is 0.615. The molecule has 1 saturated heterocycles. The SMILES string of the molecule is O=C(/C=C/c1ccc([N+](=O)[O-])s1)N1CCC(c2nc3ccc(F)cc3[nH]2)CC1. The average molecular weight is 400 g/mol. The molecule has 3 heterocycles. The number of nitrogens with zero attached hydrogens (tertiary/aromatic N) is 3. The normalized spacial score (nSPS) is 15.5. The van der Waals surface area contributed by atoms with Gasteiger partial charge in [0.2, 0.25) is 5.91 Å². The maximum absolute atomic E-state index is 13.3. The predicted molar refractivity (Wildman–Crippen MR) is 105 cm³/mol. The Kier molecular flexibility index (Phi) is 4.91. The van der Waals surface area contributed by atoms with Crippen molar-refractivity contribution in [1.29, 1.82) is 0 Å². The Bertz CT molecular complexity index is 1070. The number of hydrogen-bond acceptors (Lipinski definition) is 5. The molecule has 0 radical (unpaired) electrons. The largest absolute Gasteiger partial charge is 0.342 e. The minimum absolute atomic E-state index is 0.0543. The average Bonchev–Trinajstić information content (AvgIpc) is 3.33. The summed E-state index contributed by atoms with van der Waals surface area (Å²) < 4.78 is 13.3. The summed E-state index contributed by atoms with van der Waals surface area (Å²) in [6, 6.07) is 7.54. The first-order valence-electron chi connectivity index (χ1n) is 8.86. The minimum Gasteiger partial charge on any atom is -0.342 e. The monoisotopic (exact) mass is 400 g/mol. The van der Waals surface area contributed by atoms with E-state index < -0.39 is 4.92 Å². The fourth-order valence-corrected chi connectivity index (χ4v) is 4.08. The third-order valence-corrected chi connectivity index (χ3v) is 5.84. The van der Waals surface area contributed by atoms with E-state index in [-0.39, 0.29) is 22.6 Å². The lowest BCUT2D eigenvalue weighted by Gasteiger charge is -2.30. The van der Waals surface area contributed by atoms with Gasteiger partial charge in [-0.3, -0.25) is 14.9 Å². The molecule has 0 unspecified atom stereocenters. The number of thiophene rings is 1. The van der Waals surface area contributed by atoms with E-state index in [0.717, 1.165) is 35.5 Å². The number of amides is 1. The Morgan fingerprint density at radius 3 is 2.82 bits per heavy atom. The lowest BCUT2D eigenvalue weighted by molar-refractivity contribution is -0.380. The van der Waals surface area contributed by atoms with Gasteiger partial charge in [-0.25, -0.2) is 9.37 Å². The molecular weight excluding hydrogens is 383 g/mol. The van der Waals surface area contributed by atoms with Crippen molar-refractivity contribution in [3.8, 4) is 0 Å². The van der Waals surface area contributed by atoms with Gasteiger partial charge >= 0.3 is 5.00 Å². The first kappa shape index (κ1) is 18.3. The van der Waals surface area contributed by atoms with Gasteiger partial charge in [0.1, 0.15) is 11.6 Å². The van der Waals surface area contributed by atoms with Crippen molar-refractivity contribution in [2.45, 2.75) is 18.8 Å². The van der Waals surface area contributed by atoms with Gasteiger partial charge < -0.3 is 9.88 Å². The van der Waals surface area contributed by atoms with Crippen molar-refractivity contribution in [1.82, 2.24) is 14.9 Å². The topological polar surface area (TPSA) is 92.1 Å². The standard InChI is InChI=1S/C19H17FN4O3S/c20-13-1-4-15-16(11-13)22-19(21-15)12-7-9-23(10-8-12)17(25)5-2-14-3-6-18(28-14)24(26)27/h1-6,11-12H,7-10H2,(H,21,22)/b5-2+. The van der Waals surface area contributed by atoms with Crippen molar-refractivity contribution in [3.63, 3.8) is 0 Å². The Hall–Kier alpha value is -3.07. The molecule has 3 aromatic rings. The molecule has 4 rings (SSSR count). The molecule has 2 aromatic heterocycles. The van der Waals surface area contributed by atoms with Crippen LogP contribution in [0.4, 0.5) is 9.39 Å². The van der Waals surface area contributed by atoms with E-state index in [9.17, 15) is 19.3 Å². The van der Waals surface area contributed by atoms with E-state index in [1.54, 1.807) is 23.1 Å². The Morgan fingerprint density at radius 2 is 2.11 bits per heavy atom. The van der Waals surface area contributed by atoms with Gasteiger partial charge in [0.15, 0.2) is 0 Å². The number of piperidine rings is 1. The number of hydrogen-bond donors (Lipinski definition) is 1. The van der Waals surface area contributed by atoms with Crippen molar-refractivity contribution < 1.29 is 14.1 Å². The molecule has 144 valence electrons. The highest BCUT2D eigenvalue weighted by Gasteiger charge is 2.25. The third kappa shape index (κ3) is 3.79. The highest BCUT2D eigenvalue weighted by atomic mass is 32.1. The molecule has 1 N–H and O–H groups in total. The molecule has 1 fully saturated rings. The summed E-state index contributed by atoms with van der Waals surface area (Å²) in [6.45, 7) is 1.20. The lowest BCUT2D eigenvalue weighted by Crippen LogP contribution is -2.37. The zero-order valence-electron chi connectivity index (χ0n) is 14.8. The molecule has 0 bridgehead atoms. The zero-order chi connectivity index (χ0) is 19.7. The highest BCUT2D eigenvalue weighted by Crippen LogP contribution is 2.28. The van der Waals surface area contributed by atoms with Crippen LogP contribution >= 0.6 is 11.3 Å². The number of aromatic amines is 1. The van der Waals surface area contributed by atoms with Crippen LogP contribution in [0.3, 0.4) is 0 Å². The number of nitrogens with one attached hydrogen (secondary N) is 1. The summed E-state index contributed by atoms with van der Waals surface area (Å²) in [4.78, 5) is 32.8. The number of H-pyrrole nitrogens is 1. The molecule has 0 saturated carbocycles. The molecule has 0 atom stereocenters. The molecule has 1 aromatic carbocycles. The molecule has 0 aliphatic carbocycles. The number of carbonyl (C=O) groups excluding carboxylic acids is 1. The van der Waals surface area contributed by atoms with E-state index in [1.807, 2.05) is 0 Å². The summed E-state index contributed by atoms with van der Waals surface area (Å²) >= 11 is 1.03. The second kappa shape index (κ2) is 7.51. The summed E-state index contributed by atoms with van der Waals surface area (Å²) in [7, 11) is 0. The highest BCUT2D eigenvalue weighted by molar-refractivity contribution is 7.16. The van der Waals surface area contributed by atoms with Crippen molar-refractivity contribution >= 4 is 39.4 Å². The Balaban J connectivity index is 1.36. The quantitative estimate of drug-likeness (QED) is 0.406. The first-order valence-corrected chi connectivity index (χ1v) is 9.67. The fourth-order valence-electron chi connectivity index (χ4n) is 3.36. The van der Waals surface area contributed by atoms with Crippen LogP contribution in [0.5, 0.6) is 0 Å². The van der Waals surface area contributed by atoms with Crippen LogP contribution < -0.4 is 0 Å². The second-order valence-corrected chi connectivity index (χ2v) is 7.74. The van der Waals surface area contributed by atoms with Gasteiger partial charge in [-0.1, -0.05) is 11.3 Å². The van der Waals surface area contributed by atoms with E-state index >= 15 is 0 Å². The summed E-state index contributed by atoms with van der Waals surface area (Å²) in [5, 5.41) is 10.8. The molecule has 7 nitrogen and oxygen atoms in total. The number of halogens is 1. The zero-order valence-corrected chi connectivity index (χ0v) is 15.6. The minimum atomic E-state index is -0.443. The van der Waals surface area contributed by atoms with E-state index in [0.29, 0.717) is 23.5 Å². The van der Waals surface area contributed by atoms with E-state index in [1.165, 1.54) is 24.3 Å². The summed E-state index contributed by atoms with van der Waals surface area (Å²) in [5.41, 5.74) is 1.42. The van der Waals surface area contributed by atoms with Crippen LogP contribution in [-0.2, 0) is 4.79 Å². The van der Waals surface area contributed by atoms with Gasteiger partial charge in [0.05, 0.1) is 16.0 Å². The predicted octanol–water partition coefficient (Wildman–Crippen LogP) is 4.09. The molecule has 1 aliphatic rings. The molecule has 28 heavy (non-hydrogen) atoms. The van der Waals surface area contributed by atoms with Crippen LogP contribution in [0, 0.1) is 15.9 Å². The smallest absolute Gasteiger partial charge is 0.324 e. The maximum Gasteiger partial charge on any atom is 0.324 e. The Labute approximate surface area is 163 Å². The van der Waals surface area contributed by atoms with Gasteiger partial charge in [-0.15, -0.1) is 0 Å². The number of nitro groups is 1. The Morgan fingerprint density at radius 1 is 1.32 bits per heavy atom. The molecular formula is C19H17FN4O3S. The third-order valence-electron chi connectivity index (χ3n) is 4.84. The summed E-state index contributed by atoms with van der Waals surface area (Å²) in [6.07, 6.45) is 4.61. The molecule has 1 amide bonds. The van der Waals surface area contributed by atoms with Crippen LogP contribution in [0.1, 0.15) is 29.5 Å². The van der Waals surface area contributed by atoms with Gasteiger partial charge in [-0.2, -0.15) is 0 Å². The maximum atomic E-state index is 13.3. The van der Waals surface area contributed by atoms with Gasteiger partial charge in [-0.05, 0) is 43.2 Å². The second-order valence-electron chi connectivity index (χ2n) is 6.65. The number of imidazole rings is 1. The molecule has 0 spiro atoms. The van der Waals surface area contributed by atoms with E-state index in [4.69, 9.17) is 0 Å². The molecule has 1 aliphatic heterocycles. The number of carbonyl (C=O) groups is 1. The van der Waals surface area contributed by atoms with E-state index in [2.05, 4.69) is 9.97 Å².